The maximum atomic E-state index is 12.3. The largest absolute Gasteiger partial charge is 0.409 e. The Hall–Kier alpha value is -1.73. The fourth-order valence-electron chi connectivity index (χ4n) is 4.77. The molecule has 1 saturated carbocycles. The summed E-state index contributed by atoms with van der Waals surface area (Å²) in [7, 11) is -2.22. The van der Waals surface area contributed by atoms with E-state index in [1.54, 1.807) is 0 Å². The lowest BCUT2D eigenvalue weighted by molar-refractivity contribution is -0.0454. The molecule has 3 rings (SSSR count). The summed E-state index contributed by atoms with van der Waals surface area (Å²) in [5.41, 5.74) is 6.30. The van der Waals surface area contributed by atoms with Crippen molar-refractivity contribution >= 4 is 14.1 Å². The van der Waals surface area contributed by atoms with Crippen molar-refractivity contribution in [3.8, 4) is 6.07 Å². The van der Waals surface area contributed by atoms with E-state index in [1.165, 1.54) is 16.8 Å². The van der Waals surface area contributed by atoms with Crippen molar-refractivity contribution in [3.05, 3.63) is 22.7 Å². The van der Waals surface area contributed by atoms with Gasteiger partial charge in [0.05, 0.1) is 18.8 Å². The van der Waals surface area contributed by atoms with E-state index in [0.29, 0.717) is 16.6 Å². The average Bonchev–Trinajstić information content (AvgIpc) is 3.41. The Morgan fingerprint density at radius 2 is 2.07 bits per heavy atom. The number of hydrogen-bond acceptors (Lipinski definition) is 7. The molecule has 1 saturated heterocycles. The van der Waals surface area contributed by atoms with E-state index in [0.717, 1.165) is 12.8 Å². The number of aromatic nitrogens is 2. The van der Waals surface area contributed by atoms with E-state index in [1.807, 2.05) is 0 Å². The molecule has 28 heavy (non-hydrogen) atoms. The first kappa shape index (κ1) is 21.0. The molecule has 0 radical (unpaired) electrons. The van der Waals surface area contributed by atoms with Gasteiger partial charge < -0.3 is 20.0 Å². The summed E-state index contributed by atoms with van der Waals surface area (Å²) in [6.45, 7) is 8.51. The second-order valence-electron chi connectivity index (χ2n) is 8.46. The van der Waals surface area contributed by atoms with Crippen LogP contribution in [0.2, 0.25) is 16.6 Å². The molecule has 0 unspecified atom stereocenters. The van der Waals surface area contributed by atoms with Crippen LogP contribution in [0.15, 0.2) is 17.1 Å². The van der Waals surface area contributed by atoms with Crippen LogP contribution in [0, 0.1) is 17.2 Å². The summed E-state index contributed by atoms with van der Waals surface area (Å²) in [6, 6.07) is 3.76. The van der Waals surface area contributed by atoms with Crippen molar-refractivity contribution in [3.63, 3.8) is 0 Å². The van der Waals surface area contributed by atoms with Crippen LogP contribution >= 0.6 is 0 Å². The third-order valence-electron chi connectivity index (χ3n) is 6.16. The lowest BCUT2D eigenvalue weighted by Crippen LogP contribution is -2.51. The molecule has 2 fully saturated rings. The topological polar surface area (TPSA) is 123 Å². The van der Waals surface area contributed by atoms with Crippen LogP contribution in [0.4, 0.5) is 5.82 Å². The molecule has 3 N–H and O–H groups in total. The van der Waals surface area contributed by atoms with Crippen LogP contribution in [0.25, 0.3) is 0 Å². The second-order valence-corrected chi connectivity index (χ2v) is 13.5. The van der Waals surface area contributed by atoms with E-state index in [4.69, 9.17) is 14.9 Å². The summed E-state index contributed by atoms with van der Waals surface area (Å²) in [5, 5.41) is 19.9. The van der Waals surface area contributed by atoms with Gasteiger partial charge >= 0.3 is 5.69 Å². The first-order valence-electron chi connectivity index (χ1n) is 9.94. The minimum absolute atomic E-state index is 0.110. The molecular formula is C19H30N4O4Si. The SMILES string of the molecule is CC(C)[Si](O[C@H]1[C@H](C#N)[C@H](n2ccc(N)nc2=O)O[C@@H]1CO)(C(C)C)C1CC1. The van der Waals surface area contributed by atoms with Crippen LogP contribution in [-0.2, 0) is 9.16 Å². The normalized spacial score (nSPS) is 28.1. The summed E-state index contributed by atoms with van der Waals surface area (Å²) >= 11 is 0. The molecule has 2 aliphatic rings. The first-order valence-corrected chi connectivity index (χ1v) is 12.1. The van der Waals surface area contributed by atoms with E-state index in [2.05, 4.69) is 38.7 Å². The minimum Gasteiger partial charge on any atom is -0.409 e. The van der Waals surface area contributed by atoms with Gasteiger partial charge in [0.2, 0.25) is 8.32 Å². The monoisotopic (exact) mass is 406 g/mol. The number of rotatable bonds is 7. The fourth-order valence-corrected chi connectivity index (χ4v) is 10.6. The molecule has 1 aromatic rings. The number of nitrogens with two attached hydrogens (primary N) is 1. The number of nitrogen functional groups attached to an aromatic ring is 1. The molecule has 8 nitrogen and oxygen atoms in total. The summed E-state index contributed by atoms with van der Waals surface area (Å²) in [6.07, 6.45) is 1.68. The van der Waals surface area contributed by atoms with Gasteiger partial charge in [0.1, 0.15) is 17.8 Å². The zero-order chi connectivity index (χ0) is 20.6. The van der Waals surface area contributed by atoms with Gasteiger partial charge in [-0.05, 0) is 22.7 Å². The Balaban J connectivity index is 1.97. The Morgan fingerprint density at radius 1 is 1.43 bits per heavy atom. The van der Waals surface area contributed by atoms with Gasteiger partial charge in [0.15, 0.2) is 6.23 Å². The zero-order valence-corrected chi connectivity index (χ0v) is 17.9. The van der Waals surface area contributed by atoms with E-state index in [-0.39, 0.29) is 12.4 Å². The number of nitrogens with zero attached hydrogens (tertiary/aromatic N) is 3. The third kappa shape index (κ3) is 3.50. The highest BCUT2D eigenvalue weighted by Gasteiger charge is 2.58. The maximum absolute atomic E-state index is 12.3. The van der Waals surface area contributed by atoms with Crippen molar-refractivity contribution < 1.29 is 14.3 Å². The lowest BCUT2D eigenvalue weighted by atomic mass is 10.0. The predicted molar refractivity (Wildman–Crippen MR) is 107 cm³/mol. The first-order chi connectivity index (χ1) is 13.3. The van der Waals surface area contributed by atoms with Crippen LogP contribution in [-0.4, -0.2) is 41.8 Å². The van der Waals surface area contributed by atoms with Crippen LogP contribution in [0.5, 0.6) is 0 Å². The molecule has 1 aliphatic heterocycles. The van der Waals surface area contributed by atoms with Crippen molar-refractivity contribution in [2.45, 2.75) is 75.6 Å². The van der Waals surface area contributed by atoms with Gasteiger partial charge in [0, 0.05) is 6.20 Å². The highest BCUT2D eigenvalue weighted by atomic mass is 28.4. The fraction of sp³-hybridized carbons (Fsp3) is 0.737. The average molecular weight is 407 g/mol. The summed E-state index contributed by atoms with van der Waals surface area (Å²) in [4.78, 5) is 16.0. The number of aliphatic hydroxyl groups is 1. The van der Waals surface area contributed by atoms with Crippen LogP contribution in [0.3, 0.4) is 0 Å². The molecule has 9 heteroatoms. The number of aliphatic hydroxyl groups excluding tert-OH is 1. The molecule has 2 heterocycles. The smallest absolute Gasteiger partial charge is 0.351 e. The third-order valence-corrected chi connectivity index (χ3v) is 12.3. The van der Waals surface area contributed by atoms with Crippen LogP contribution < -0.4 is 11.4 Å². The van der Waals surface area contributed by atoms with E-state index in [9.17, 15) is 15.2 Å². The van der Waals surface area contributed by atoms with Gasteiger partial charge in [-0.25, -0.2) is 4.79 Å². The lowest BCUT2D eigenvalue weighted by Gasteiger charge is -2.42. The molecule has 1 aliphatic carbocycles. The summed E-state index contributed by atoms with van der Waals surface area (Å²) < 4.78 is 14.1. The predicted octanol–water partition coefficient (Wildman–Crippen LogP) is 2.17. The number of hydrogen-bond donors (Lipinski definition) is 2. The minimum atomic E-state index is -2.22. The molecule has 0 spiro atoms. The Kier molecular flexibility index (Phi) is 5.96. The zero-order valence-electron chi connectivity index (χ0n) is 16.9. The van der Waals surface area contributed by atoms with Gasteiger partial charge in [-0.1, -0.05) is 40.5 Å². The van der Waals surface area contributed by atoms with Crippen molar-refractivity contribution in [2.75, 3.05) is 12.3 Å². The van der Waals surface area contributed by atoms with Crippen molar-refractivity contribution in [1.82, 2.24) is 9.55 Å². The van der Waals surface area contributed by atoms with Crippen LogP contribution in [0.1, 0.15) is 46.8 Å². The van der Waals surface area contributed by atoms with Crippen molar-refractivity contribution in [1.29, 1.82) is 5.26 Å². The Labute approximate surface area is 166 Å². The van der Waals surface area contributed by atoms with Gasteiger partial charge in [-0.3, -0.25) is 4.57 Å². The Bertz CT molecular complexity index is 788. The van der Waals surface area contributed by atoms with Gasteiger partial charge in [-0.2, -0.15) is 10.2 Å². The van der Waals surface area contributed by atoms with Gasteiger partial charge in [0.25, 0.3) is 0 Å². The number of ether oxygens (including phenoxy) is 1. The molecule has 0 bridgehead atoms. The molecule has 0 aromatic carbocycles. The standard InChI is InChI=1S/C19H30N4O4Si/c1-11(2)28(12(3)4,13-5-6-13)27-17-14(9-20)18(26-15(17)10-24)23-8-7-16(21)22-19(23)25/h7-8,11-15,17-18,24H,5-6,10H2,1-4H3,(H2,21,22,25)/t14-,15+,17-,18+/m0/s1. The molecule has 154 valence electrons. The highest BCUT2D eigenvalue weighted by Crippen LogP contribution is 2.57. The second kappa shape index (κ2) is 7.95. The van der Waals surface area contributed by atoms with Gasteiger partial charge in [-0.15, -0.1) is 0 Å². The van der Waals surface area contributed by atoms with E-state index < -0.39 is 38.4 Å². The molecule has 4 atom stereocenters. The van der Waals surface area contributed by atoms with Crippen molar-refractivity contribution in [2.24, 2.45) is 5.92 Å². The summed E-state index contributed by atoms with van der Waals surface area (Å²) in [5.74, 6) is -0.609. The molecular weight excluding hydrogens is 376 g/mol. The number of anilines is 1. The van der Waals surface area contributed by atoms with E-state index >= 15 is 0 Å². The molecule has 1 aromatic heterocycles. The Morgan fingerprint density at radius 3 is 2.54 bits per heavy atom. The highest BCUT2D eigenvalue weighted by molar-refractivity contribution is 6.78. The number of nitriles is 1. The molecule has 0 amide bonds. The maximum Gasteiger partial charge on any atom is 0.351 e. The quantitative estimate of drug-likeness (QED) is 0.665.